The van der Waals surface area contributed by atoms with Gasteiger partial charge in [-0.25, -0.2) is 0 Å². The molecule has 1 amide bonds. The largest absolute Gasteiger partial charge is 0.350 e. The first-order valence-electron chi connectivity index (χ1n) is 5.96. The molecule has 0 spiro atoms. The molecule has 0 radical (unpaired) electrons. The number of carbonyl (C=O) groups excluding carboxylic acids is 1. The van der Waals surface area contributed by atoms with Gasteiger partial charge in [-0.1, -0.05) is 24.3 Å². The molecule has 1 aromatic rings. The normalized spacial score (nSPS) is 15.7. The molecule has 0 saturated carbocycles. The summed E-state index contributed by atoms with van der Waals surface area (Å²) in [4.78, 5) is 12.1. The molecular weight excluding hydrogens is 234 g/mol. The maximum Gasteiger partial charge on any atom is 0.224 e. The van der Waals surface area contributed by atoms with Crippen molar-refractivity contribution in [1.29, 1.82) is 0 Å². The Hall–Kier alpha value is -1.02. The number of alkyl halides is 1. The molecule has 0 saturated heterocycles. The molecule has 1 aliphatic carbocycles. The topological polar surface area (TPSA) is 29.1 Å². The fraction of sp³-hybridized carbons (Fsp3) is 0.500. The molecule has 0 atom stereocenters. The Morgan fingerprint density at radius 3 is 2.35 bits per heavy atom. The molecule has 0 aliphatic heterocycles. The van der Waals surface area contributed by atoms with Crippen LogP contribution in [0.3, 0.4) is 0 Å². The first-order chi connectivity index (χ1) is 8.02. The predicted molar refractivity (Wildman–Crippen MR) is 70.3 cm³/mol. The van der Waals surface area contributed by atoms with E-state index in [2.05, 4.69) is 17.4 Å². The minimum absolute atomic E-state index is 0.0647. The summed E-state index contributed by atoms with van der Waals surface area (Å²) in [6, 6.07) is 8.27. The van der Waals surface area contributed by atoms with Gasteiger partial charge in [0.05, 0.1) is 0 Å². The third-order valence-electron chi connectivity index (χ3n) is 3.22. The fourth-order valence-corrected chi connectivity index (χ4v) is 2.28. The molecule has 3 heteroatoms. The van der Waals surface area contributed by atoms with Crippen LogP contribution < -0.4 is 5.32 Å². The molecule has 0 fully saturated rings. The second-order valence-electron chi connectivity index (χ2n) is 5.38. The number of nitrogens with one attached hydrogen (secondary N) is 1. The first-order valence-corrected chi connectivity index (χ1v) is 6.50. The molecule has 17 heavy (non-hydrogen) atoms. The lowest BCUT2D eigenvalue weighted by Crippen LogP contribution is -2.47. The highest BCUT2D eigenvalue weighted by Gasteiger charge is 2.30. The van der Waals surface area contributed by atoms with Crippen LogP contribution in [-0.4, -0.2) is 17.3 Å². The Morgan fingerprint density at radius 2 is 1.88 bits per heavy atom. The molecular formula is C14H18ClNO. The van der Waals surface area contributed by atoms with Crippen molar-refractivity contribution in [2.75, 3.05) is 5.88 Å². The van der Waals surface area contributed by atoms with Crippen molar-refractivity contribution < 1.29 is 4.79 Å². The summed E-state index contributed by atoms with van der Waals surface area (Å²) in [5, 5.41) is 3.01. The van der Waals surface area contributed by atoms with Crippen LogP contribution in [0.4, 0.5) is 0 Å². The van der Waals surface area contributed by atoms with Gasteiger partial charge in [0.2, 0.25) is 5.91 Å². The summed E-state index contributed by atoms with van der Waals surface area (Å²) in [7, 11) is 0. The summed E-state index contributed by atoms with van der Waals surface area (Å²) in [5.41, 5.74) is 2.28. The molecule has 2 rings (SSSR count). The Kier molecular flexibility index (Phi) is 3.43. The van der Waals surface area contributed by atoms with Gasteiger partial charge in [-0.05, 0) is 37.8 Å². The molecule has 0 heterocycles. The molecule has 1 N–H and O–H groups in total. The minimum Gasteiger partial charge on any atom is -0.350 e. The van der Waals surface area contributed by atoms with Crippen LogP contribution in [0, 0.1) is 5.92 Å². The standard InChI is InChI=1S/C14H18ClNO/c1-14(2,9-15)16-13(17)12-7-10-5-3-4-6-11(10)8-12/h3-6,12H,7-9H2,1-2H3,(H,16,17). The molecule has 92 valence electrons. The van der Waals surface area contributed by atoms with E-state index in [-0.39, 0.29) is 17.4 Å². The molecule has 2 nitrogen and oxygen atoms in total. The number of halogens is 1. The highest BCUT2D eigenvalue weighted by atomic mass is 35.5. The Balaban J connectivity index is 2.01. The summed E-state index contributed by atoms with van der Waals surface area (Å²) in [5.74, 6) is 0.611. The van der Waals surface area contributed by atoms with Gasteiger partial charge in [0.1, 0.15) is 0 Å². The van der Waals surface area contributed by atoms with E-state index in [1.54, 1.807) is 0 Å². The summed E-state index contributed by atoms with van der Waals surface area (Å²) >= 11 is 5.82. The Morgan fingerprint density at radius 1 is 1.35 bits per heavy atom. The monoisotopic (exact) mass is 251 g/mol. The van der Waals surface area contributed by atoms with Gasteiger partial charge < -0.3 is 5.32 Å². The molecule has 1 aliphatic rings. The van der Waals surface area contributed by atoms with Gasteiger partial charge in [0.15, 0.2) is 0 Å². The Labute approximate surface area is 107 Å². The van der Waals surface area contributed by atoms with Crippen LogP contribution in [0.15, 0.2) is 24.3 Å². The number of amides is 1. The number of fused-ring (bicyclic) bond motifs is 1. The number of hydrogen-bond acceptors (Lipinski definition) is 1. The lowest BCUT2D eigenvalue weighted by molar-refractivity contribution is -0.126. The third-order valence-corrected chi connectivity index (χ3v) is 3.89. The molecule has 0 unspecified atom stereocenters. The van der Waals surface area contributed by atoms with Gasteiger partial charge in [-0.15, -0.1) is 11.6 Å². The number of carbonyl (C=O) groups is 1. The zero-order valence-corrected chi connectivity index (χ0v) is 11.1. The summed E-state index contributed by atoms with van der Waals surface area (Å²) in [6.07, 6.45) is 1.70. The Bertz CT molecular complexity index is 403. The van der Waals surface area contributed by atoms with Crippen LogP contribution in [0.2, 0.25) is 0 Å². The van der Waals surface area contributed by atoms with E-state index in [0.717, 1.165) is 12.8 Å². The average Bonchev–Trinajstić information content (AvgIpc) is 2.72. The van der Waals surface area contributed by atoms with Crippen LogP contribution in [0.25, 0.3) is 0 Å². The second-order valence-corrected chi connectivity index (χ2v) is 5.65. The van der Waals surface area contributed by atoms with Crippen LogP contribution in [-0.2, 0) is 17.6 Å². The maximum atomic E-state index is 12.1. The van der Waals surface area contributed by atoms with Crippen molar-refractivity contribution in [3.8, 4) is 0 Å². The second kappa shape index (κ2) is 4.69. The average molecular weight is 252 g/mol. The maximum absolute atomic E-state index is 12.1. The number of hydrogen-bond donors (Lipinski definition) is 1. The van der Waals surface area contributed by atoms with Gasteiger partial charge in [0.25, 0.3) is 0 Å². The lowest BCUT2D eigenvalue weighted by atomic mass is 10.0. The zero-order valence-electron chi connectivity index (χ0n) is 10.3. The fourth-order valence-electron chi connectivity index (χ4n) is 2.21. The van der Waals surface area contributed by atoms with Crippen LogP contribution in [0.1, 0.15) is 25.0 Å². The van der Waals surface area contributed by atoms with E-state index in [1.165, 1.54) is 11.1 Å². The van der Waals surface area contributed by atoms with Crippen molar-refractivity contribution in [2.24, 2.45) is 5.92 Å². The summed E-state index contributed by atoms with van der Waals surface area (Å²) in [6.45, 7) is 3.89. The number of benzene rings is 1. The van der Waals surface area contributed by atoms with E-state index in [0.29, 0.717) is 5.88 Å². The van der Waals surface area contributed by atoms with Gasteiger partial charge >= 0.3 is 0 Å². The van der Waals surface area contributed by atoms with Crippen molar-refractivity contribution >= 4 is 17.5 Å². The van der Waals surface area contributed by atoms with Crippen molar-refractivity contribution in [3.05, 3.63) is 35.4 Å². The van der Waals surface area contributed by atoms with Crippen molar-refractivity contribution in [1.82, 2.24) is 5.32 Å². The molecule has 1 aromatic carbocycles. The van der Waals surface area contributed by atoms with Crippen LogP contribution in [0.5, 0.6) is 0 Å². The van der Waals surface area contributed by atoms with Crippen molar-refractivity contribution in [3.63, 3.8) is 0 Å². The smallest absolute Gasteiger partial charge is 0.224 e. The quantitative estimate of drug-likeness (QED) is 0.822. The molecule has 0 aromatic heterocycles. The highest BCUT2D eigenvalue weighted by Crippen LogP contribution is 2.27. The zero-order chi connectivity index (χ0) is 12.5. The van der Waals surface area contributed by atoms with Gasteiger partial charge in [-0.2, -0.15) is 0 Å². The lowest BCUT2D eigenvalue weighted by Gasteiger charge is -2.25. The predicted octanol–water partition coefficient (Wildman–Crippen LogP) is 2.54. The van der Waals surface area contributed by atoms with E-state index in [4.69, 9.17) is 11.6 Å². The number of rotatable bonds is 3. The molecule has 0 bridgehead atoms. The van der Waals surface area contributed by atoms with E-state index < -0.39 is 0 Å². The first kappa shape index (κ1) is 12.4. The minimum atomic E-state index is -0.326. The van der Waals surface area contributed by atoms with Crippen molar-refractivity contribution in [2.45, 2.75) is 32.2 Å². The van der Waals surface area contributed by atoms with Crippen LogP contribution >= 0.6 is 11.6 Å². The summed E-state index contributed by atoms with van der Waals surface area (Å²) < 4.78 is 0. The third kappa shape index (κ3) is 2.81. The van der Waals surface area contributed by atoms with Gasteiger partial charge in [-0.3, -0.25) is 4.79 Å². The SMILES string of the molecule is CC(C)(CCl)NC(=O)C1Cc2ccccc2C1. The van der Waals surface area contributed by atoms with E-state index >= 15 is 0 Å². The van der Waals surface area contributed by atoms with E-state index in [1.807, 2.05) is 26.0 Å². The van der Waals surface area contributed by atoms with Gasteiger partial charge in [0, 0.05) is 17.3 Å². The van der Waals surface area contributed by atoms with E-state index in [9.17, 15) is 4.79 Å². The highest BCUT2D eigenvalue weighted by molar-refractivity contribution is 6.18.